The first-order chi connectivity index (χ1) is 8.90. The van der Waals surface area contributed by atoms with Crippen molar-refractivity contribution in [3.63, 3.8) is 0 Å². The molecule has 0 unspecified atom stereocenters. The minimum absolute atomic E-state index is 0.569. The van der Waals surface area contributed by atoms with Crippen molar-refractivity contribution in [1.29, 1.82) is 5.26 Å². The third kappa shape index (κ3) is 2.02. The lowest BCUT2D eigenvalue weighted by Gasteiger charge is -2.32. The second kappa shape index (κ2) is 5.07. The number of hydrogen-bond donors (Lipinski definition) is 0. The molecule has 1 fully saturated rings. The molecule has 2 nitrogen and oxygen atoms in total. The number of benzene rings is 1. The Bertz CT molecular complexity index is 509. The molecule has 3 heteroatoms. The van der Waals surface area contributed by atoms with E-state index in [0.717, 1.165) is 5.69 Å². The predicted molar refractivity (Wildman–Crippen MR) is 75.0 cm³/mol. The quantitative estimate of drug-likeness (QED) is 0.692. The normalized spacial score (nSPS) is 19.9. The lowest BCUT2D eigenvalue weighted by atomic mass is 9.86. The first-order valence-corrected chi connectivity index (χ1v) is 7.44. The average Bonchev–Trinajstić information content (AvgIpc) is 2.47. The number of allylic oxidation sites excluding steroid dienone is 1. The van der Waals surface area contributed by atoms with Crippen LogP contribution in [0.5, 0.6) is 0 Å². The van der Waals surface area contributed by atoms with Gasteiger partial charge in [0.25, 0.3) is 0 Å². The lowest BCUT2D eigenvalue weighted by Crippen LogP contribution is -2.25. The van der Waals surface area contributed by atoms with Crippen LogP contribution in [-0.4, -0.2) is 0 Å². The van der Waals surface area contributed by atoms with Crippen molar-refractivity contribution in [2.45, 2.75) is 37.0 Å². The minimum atomic E-state index is 0.569. The fraction of sp³-hybridized carbons (Fsp3) is 0.400. The van der Waals surface area contributed by atoms with Crippen molar-refractivity contribution in [2.75, 3.05) is 4.90 Å². The smallest absolute Gasteiger partial charge is 0.189 e. The lowest BCUT2D eigenvalue weighted by molar-refractivity contribution is 0.399. The SMILES string of the molecule is N#CN1C(C2CCCCC2)=CSc2ccccc21. The molecule has 1 heterocycles. The Morgan fingerprint density at radius 3 is 2.72 bits per heavy atom. The van der Waals surface area contributed by atoms with Crippen LogP contribution < -0.4 is 4.90 Å². The Morgan fingerprint density at radius 1 is 1.17 bits per heavy atom. The molecule has 1 aliphatic heterocycles. The van der Waals surface area contributed by atoms with Crippen LogP contribution in [0.15, 0.2) is 40.3 Å². The molecule has 1 aromatic carbocycles. The molecule has 0 spiro atoms. The molecule has 0 bridgehead atoms. The van der Waals surface area contributed by atoms with E-state index in [9.17, 15) is 5.26 Å². The fourth-order valence-corrected chi connectivity index (χ4v) is 3.83. The van der Waals surface area contributed by atoms with Crippen LogP contribution in [0.2, 0.25) is 0 Å². The Hall–Kier alpha value is -1.40. The standard InChI is InChI=1S/C15H16N2S/c16-11-17-13-8-4-5-9-15(13)18-10-14(17)12-6-2-1-3-7-12/h4-5,8-10,12H,1-3,6-7H2. The van der Waals surface area contributed by atoms with Crippen molar-refractivity contribution in [1.82, 2.24) is 0 Å². The van der Waals surface area contributed by atoms with Crippen LogP contribution in [0, 0.1) is 17.4 Å². The van der Waals surface area contributed by atoms with Gasteiger partial charge in [0, 0.05) is 16.5 Å². The summed E-state index contributed by atoms with van der Waals surface area (Å²) in [6.07, 6.45) is 8.76. The van der Waals surface area contributed by atoms with Crippen LogP contribution in [0.1, 0.15) is 32.1 Å². The number of anilines is 1. The number of fused-ring (bicyclic) bond motifs is 1. The van der Waals surface area contributed by atoms with Gasteiger partial charge in [-0.2, -0.15) is 5.26 Å². The van der Waals surface area contributed by atoms with E-state index in [2.05, 4.69) is 17.7 Å². The van der Waals surface area contributed by atoms with Crippen molar-refractivity contribution >= 4 is 17.4 Å². The van der Waals surface area contributed by atoms with Gasteiger partial charge in [-0.3, -0.25) is 0 Å². The molecule has 0 saturated heterocycles. The van der Waals surface area contributed by atoms with Gasteiger partial charge in [0.15, 0.2) is 6.19 Å². The number of rotatable bonds is 1. The first kappa shape index (κ1) is 11.7. The molecule has 0 amide bonds. The van der Waals surface area contributed by atoms with E-state index in [1.54, 1.807) is 11.8 Å². The molecule has 0 atom stereocenters. The van der Waals surface area contributed by atoms with Crippen molar-refractivity contribution in [3.05, 3.63) is 35.4 Å². The van der Waals surface area contributed by atoms with Gasteiger partial charge in [-0.15, -0.1) is 0 Å². The molecule has 0 N–H and O–H groups in total. The highest BCUT2D eigenvalue weighted by atomic mass is 32.2. The van der Waals surface area contributed by atoms with Crippen molar-refractivity contribution in [3.8, 4) is 6.19 Å². The highest BCUT2D eigenvalue weighted by molar-refractivity contribution is 8.02. The number of para-hydroxylation sites is 1. The van der Waals surface area contributed by atoms with E-state index in [1.165, 1.54) is 42.7 Å². The third-order valence-corrected chi connectivity index (χ3v) is 4.75. The molecule has 92 valence electrons. The number of nitrogens with zero attached hydrogens (tertiary/aromatic N) is 2. The number of thioether (sulfide) groups is 1. The predicted octanol–water partition coefficient (Wildman–Crippen LogP) is 4.50. The molecule has 18 heavy (non-hydrogen) atoms. The summed E-state index contributed by atoms with van der Waals surface area (Å²) in [7, 11) is 0. The molecule has 0 aromatic heterocycles. The maximum absolute atomic E-state index is 9.46. The van der Waals surface area contributed by atoms with E-state index in [1.807, 2.05) is 23.1 Å². The highest BCUT2D eigenvalue weighted by Crippen LogP contribution is 2.43. The molecule has 3 rings (SSSR count). The Kier molecular flexibility index (Phi) is 3.29. The maximum Gasteiger partial charge on any atom is 0.189 e. The van der Waals surface area contributed by atoms with Crippen LogP contribution in [0.4, 0.5) is 5.69 Å². The van der Waals surface area contributed by atoms with Gasteiger partial charge in [-0.05, 0) is 30.4 Å². The van der Waals surface area contributed by atoms with Gasteiger partial charge in [0.2, 0.25) is 0 Å². The number of hydrogen-bond acceptors (Lipinski definition) is 3. The zero-order valence-corrected chi connectivity index (χ0v) is 11.1. The molecule has 1 saturated carbocycles. The van der Waals surface area contributed by atoms with Crippen molar-refractivity contribution in [2.24, 2.45) is 5.92 Å². The molecule has 1 aliphatic carbocycles. The van der Waals surface area contributed by atoms with E-state index in [4.69, 9.17) is 0 Å². The van der Waals surface area contributed by atoms with Crippen LogP contribution in [0.25, 0.3) is 0 Å². The summed E-state index contributed by atoms with van der Waals surface area (Å²) in [4.78, 5) is 3.01. The Balaban J connectivity index is 1.93. The Morgan fingerprint density at radius 2 is 1.94 bits per heavy atom. The van der Waals surface area contributed by atoms with Gasteiger partial charge < -0.3 is 0 Å². The van der Waals surface area contributed by atoms with Crippen molar-refractivity contribution < 1.29 is 0 Å². The van der Waals surface area contributed by atoms with Gasteiger partial charge in [-0.25, -0.2) is 4.90 Å². The summed E-state index contributed by atoms with van der Waals surface area (Å²) >= 11 is 1.75. The summed E-state index contributed by atoms with van der Waals surface area (Å²) < 4.78 is 0. The topological polar surface area (TPSA) is 27.0 Å². The summed E-state index contributed by atoms with van der Waals surface area (Å²) in [6, 6.07) is 8.16. The highest BCUT2D eigenvalue weighted by Gasteiger charge is 2.27. The summed E-state index contributed by atoms with van der Waals surface area (Å²) in [5, 5.41) is 11.6. The zero-order chi connectivity index (χ0) is 12.4. The fourth-order valence-electron chi connectivity index (χ4n) is 2.85. The Labute approximate surface area is 112 Å². The van der Waals surface area contributed by atoms with Crippen LogP contribution >= 0.6 is 11.8 Å². The molecule has 2 aliphatic rings. The summed E-state index contributed by atoms with van der Waals surface area (Å²) in [6.45, 7) is 0. The molecule has 1 aromatic rings. The third-order valence-electron chi connectivity index (χ3n) is 3.79. The summed E-state index contributed by atoms with van der Waals surface area (Å²) in [5.74, 6) is 0.569. The second-order valence-corrected chi connectivity index (χ2v) is 5.81. The van der Waals surface area contributed by atoms with Gasteiger partial charge in [0.1, 0.15) is 0 Å². The monoisotopic (exact) mass is 256 g/mol. The zero-order valence-electron chi connectivity index (χ0n) is 10.3. The largest absolute Gasteiger partial charge is 0.250 e. The molecular formula is C15H16N2S. The van der Waals surface area contributed by atoms with Gasteiger partial charge >= 0.3 is 0 Å². The average molecular weight is 256 g/mol. The van der Waals surface area contributed by atoms with Gasteiger partial charge in [0.05, 0.1) is 5.69 Å². The van der Waals surface area contributed by atoms with E-state index in [-0.39, 0.29) is 0 Å². The maximum atomic E-state index is 9.46. The first-order valence-electron chi connectivity index (χ1n) is 6.56. The van der Waals surface area contributed by atoms with E-state index in [0.29, 0.717) is 5.92 Å². The van der Waals surface area contributed by atoms with Crippen LogP contribution in [-0.2, 0) is 0 Å². The second-order valence-electron chi connectivity index (χ2n) is 4.90. The summed E-state index contributed by atoms with van der Waals surface area (Å²) in [5.41, 5.74) is 2.26. The van der Waals surface area contributed by atoms with E-state index >= 15 is 0 Å². The molecule has 0 radical (unpaired) electrons. The minimum Gasteiger partial charge on any atom is -0.250 e. The number of nitriles is 1. The molecular weight excluding hydrogens is 240 g/mol. The van der Waals surface area contributed by atoms with E-state index < -0.39 is 0 Å². The van der Waals surface area contributed by atoms with Crippen LogP contribution in [0.3, 0.4) is 0 Å². The van der Waals surface area contributed by atoms with Gasteiger partial charge in [-0.1, -0.05) is 43.2 Å².